The van der Waals surface area contributed by atoms with Crippen LogP contribution in [0.3, 0.4) is 0 Å². The van der Waals surface area contributed by atoms with Crippen LogP contribution in [0.5, 0.6) is 0 Å². The number of piperidine rings is 1. The standard InChI is InChI=1S/C18H25F3N4O.2ClH/c1-10-23-13-5-4-11(8-12(13)15(24-10)18(19,20)21)16(26)25-7-6-14(22)17(2,3)9-25;;/h11,14H,4-9,22H2,1-3H3;2*1H. The van der Waals surface area contributed by atoms with E-state index in [-0.39, 0.29) is 60.0 Å². The SMILES string of the molecule is Cc1nc2c(c(C(F)(F)F)n1)CC(C(=O)N1CCC(N)C(C)(C)C1)CC2.Cl.Cl. The maximum absolute atomic E-state index is 13.4. The van der Waals surface area contributed by atoms with Crippen molar-refractivity contribution >= 4 is 30.7 Å². The van der Waals surface area contributed by atoms with E-state index < -0.39 is 17.8 Å². The van der Waals surface area contributed by atoms with Crippen molar-refractivity contribution in [2.45, 2.75) is 58.7 Å². The average molecular weight is 443 g/mol. The molecule has 1 aromatic heterocycles. The fourth-order valence-corrected chi connectivity index (χ4v) is 4.00. The van der Waals surface area contributed by atoms with E-state index in [9.17, 15) is 18.0 Å². The molecule has 1 aromatic rings. The van der Waals surface area contributed by atoms with Crippen molar-refractivity contribution in [1.29, 1.82) is 0 Å². The molecule has 2 aliphatic rings. The van der Waals surface area contributed by atoms with E-state index in [0.717, 1.165) is 0 Å². The minimum absolute atomic E-state index is 0. The maximum Gasteiger partial charge on any atom is 0.433 e. The molecule has 0 aromatic carbocycles. The molecule has 5 nitrogen and oxygen atoms in total. The molecule has 0 saturated carbocycles. The number of amides is 1. The molecule has 2 heterocycles. The summed E-state index contributed by atoms with van der Waals surface area (Å²) in [4.78, 5) is 22.5. The van der Waals surface area contributed by atoms with Gasteiger partial charge in [0.1, 0.15) is 5.82 Å². The van der Waals surface area contributed by atoms with Crippen molar-refractivity contribution < 1.29 is 18.0 Å². The molecule has 0 bridgehead atoms. The van der Waals surface area contributed by atoms with Gasteiger partial charge in [-0.25, -0.2) is 9.97 Å². The van der Waals surface area contributed by atoms with E-state index >= 15 is 0 Å². The Bertz CT molecular complexity index is 728. The van der Waals surface area contributed by atoms with Crippen LogP contribution in [0.2, 0.25) is 0 Å². The molecule has 2 unspecified atom stereocenters. The molecule has 1 fully saturated rings. The first-order chi connectivity index (χ1) is 12.0. The van der Waals surface area contributed by atoms with Crippen LogP contribution in [-0.4, -0.2) is 39.9 Å². The summed E-state index contributed by atoms with van der Waals surface area (Å²) in [5, 5.41) is 0. The number of nitrogens with two attached hydrogens (primary N) is 1. The number of hydrogen-bond acceptors (Lipinski definition) is 4. The second-order valence-electron chi connectivity index (χ2n) is 8.13. The van der Waals surface area contributed by atoms with Gasteiger partial charge in [-0.05, 0) is 38.0 Å². The predicted molar refractivity (Wildman–Crippen MR) is 105 cm³/mol. The number of rotatable bonds is 1. The number of nitrogens with zero attached hydrogens (tertiary/aromatic N) is 3. The van der Waals surface area contributed by atoms with Gasteiger partial charge >= 0.3 is 6.18 Å². The fraction of sp³-hybridized carbons (Fsp3) is 0.722. The minimum Gasteiger partial charge on any atom is -0.342 e. The van der Waals surface area contributed by atoms with E-state index in [1.165, 1.54) is 6.92 Å². The van der Waals surface area contributed by atoms with Crippen LogP contribution in [-0.2, 0) is 23.8 Å². The van der Waals surface area contributed by atoms with Crippen molar-refractivity contribution in [3.05, 3.63) is 22.8 Å². The number of likely N-dealkylation sites (tertiary alicyclic amines) is 1. The summed E-state index contributed by atoms with van der Waals surface area (Å²) in [5.41, 5.74) is 5.54. The van der Waals surface area contributed by atoms with Gasteiger partial charge in [0, 0.05) is 36.3 Å². The van der Waals surface area contributed by atoms with E-state index in [0.29, 0.717) is 38.0 Å². The fourth-order valence-electron chi connectivity index (χ4n) is 4.00. The lowest BCUT2D eigenvalue weighted by atomic mass is 9.78. The highest BCUT2D eigenvalue weighted by Gasteiger charge is 2.42. The van der Waals surface area contributed by atoms with Crippen molar-refractivity contribution in [2.24, 2.45) is 17.1 Å². The Morgan fingerprint density at radius 1 is 1.21 bits per heavy atom. The first-order valence-electron chi connectivity index (χ1n) is 8.97. The van der Waals surface area contributed by atoms with Crippen LogP contribution in [0.1, 0.15) is 49.5 Å². The summed E-state index contributed by atoms with van der Waals surface area (Å²) in [7, 11) is 0. The summed E-state index contributed by atoms with van der Waals surface area (Å²) in [6.45, 7) is 6.60. The van der Waals surface area contributed by atoms with Gasteiger partial charge in [-0.1, -0.05) is 13.8 Å². The van der Waals surface area contributed by atoms with E-state index in [4.69, 9.17) is 5.73 Å². The first kappa shape index (κ1) is 24.9. The minimum atomic E-state index is -4.54. The summed E-state index contributed by atoms with van der Waals surface area (Å²) in [6, 6.07) is 0.0202. The Labute approximate surface area is 175 Å². The molecule has 3 rings (SSSR count). The summed E-state index contributed by atoms with van der Waals surface area (Å²) in [6.07, 6.45) is -2.90. The quantitative estimate of drug-likeness (QED) is 0.723. The summed E-state index contributed by atoms with van der Waals surface area (Å²) >= 11 is 0. The second kappa shape index (κ2) is 8.71. The normalized spacial score (nSPS) is 23.9. The smallest absolute Gasteiger partial charge is 0.342 e. The number of fused-ring (bicyclic) bond motifs is 1. The van der Waals surface area contributed by atoms with Crippen molar-refractivity contribution in [3.63, 3.8) is 0 Å². The Morgan fingerprint density at radius 2 is 1.86 bits per heavy atom. The van der Waals surface area contributed by atoms with Gasteiger partial charge in [-0.3, -0.25) is 4.79 Å². The van der Waals surface area contributed by atoms with Crippen LogP contribution in [0.4, 0.5) is 13.2 Å². The van der Waals surface area contributed by atoms with E-state index in [1.807, 2.05) is 13.8 Å². The molecule has 2 atom stereocenters. The van der Waals surface area contributed by atoms with Crippen LogP contribution in [0.25, 0.3) is 0 Å². The van der Waals surface area contributed by atoms with Crippen molar-refractivity contribution in [2.75, 3.05) is 13.1 Å². The van der Waals surface area contributed by atoms with Gasteiger partial charge < -0.3 is 10.6 Å². The van der Waals surface area contributed by atoms with Crippen LogP contribution in [0, 0.1) is 18.3 Å². The number of carbonyl (C=O) groups excluding carboxylic acids is 1. The van der Waals surface area contributed by atoms with Crippen LogP contribution < -0.4 is 5.73 Å². The molecule has 1 aliphatic heterocycles. The molecular formula is C18H27Cl2F3N4O. The van der Waals surface area contributed by atoms with E-state index in [2.05, 4.69) is 9.97 Å². The zero-order valence-corrected chi connectivity index (χ0v) is 17.8. The lowest BCUT2D eigenvalue weighted by Gasteiger charge is -2.44. The van der Waals surface area contributed by atoms with Gasteiger partial charge in [0.25, 0.3) is 0 Å². The number of halogens is 5. The number of carbonyl (C=O) groups is 1. The lowest BCUT2D eigenvalue weighted by molar-refractivity contribution is -0.144. The van der Waals surface area contributed by atoms with Gasteiger partial charge in [0.2, 0.25) is 5.91 Å². The Balaban J connectivity index is 0.00000196. The molecule has 1 aliphatic carbocycles. The zero-order valence-electron chi connectivity index (χ0n) is 16.2. The number of aromatic nitrogens is 2. The molecular weight excluding hydrogens is 416 g/mol. The molecule has 2 N–H and O–H groups in total. The highest BCUT2D eigenvalue weighted by molar-refractivity contribution is 5.85. The average Bonchev–Trinajstić information content (AvgIpc) is 2.54. The highest BCUT2D eigenvalue weighted by Crippen LogP contribution is 2.37. The number of aryl methyl sites for hydroxylation is 2. The Morgan fingerprint density at radius 3 is 2.43 bits per heavy atom. The van der Waals surface area contributed by atoms with Crippen molar-refractivity contribution in [3.8, 4) is 0 Å². The van der Waals surface area contributed by atoms with Gasteiger partial charge in [-0.15, -0.1) is 24.8 Å². The topological polar surface area (TPSA) is 72.1 Å². The third kappa shape index (κ3) is 4.89. The molecule has 1 amide bonds. The second-order valence-corrected chi connectivity index (χ2v) is 8.13. The number of alkyl halides is 3. The number of hydrogen-bond donors (Lipinski definition) is 1. The Hall–Kier alpha value is -1.12. The van der Waals surface area contributed by atoms with E-state index in [1.54, 1.807) is 4.90 Å². The van der Waals surface area contributed by atoms with Crippen molar-refractivity contribution in [1.82, 2.24) is 14.9 Å². The molecule has 160 valence electrons. The molecule has 0 spiro atoms. The van der Waals surface area contributed by atoms with Crippen LogP contribution in [0.15, 0.2) is 0 Å². The third-order valence-corrected chi connectivity index (χ3v) is 5.63. The molecule has 10 heteroatoms. The largest absolute Gasteiger partial charge is 0.433 e. The third-order valence-electron chi connectivity index (χ3n) is 5.63. The summed E-state index contributed by atoms with van der Waals surface area (Å²) in [5.74, 6) is -0.419. The van der Waals surface area contributed by atoms with Crippen LogP contribution >= 0.6 is 24.8 Å². The lowest BCUT2D eigenvalue weighted by Crippen LogP contribution is -2.55. The molecule has 28 heavy (non-hydrogen) atoms. The summed E-state index contributed by atoms with van der Waals surface area (Å²) < 4.78 is 40.2. The zero-order chi connectivity index (χ0) is 19.3. The molecule has 0 radical (unpaired) electrons. The predicted octanol–water partition coefficient (Wildman–Crippen LogP) is 3.34. The Kier molecular flexibility index (Phi) is 7.75. The van der Waals surface area contributed by atoms with Gasteiger partial charge in [0.15, 0.2) is 5.69 Å². The van der Waals surface area contributed by atoms with Gasteiger partial charge in [0.05, 0.1) is 0 Å². The maximum atomic E-state index is 13.4. The van der Waals surface area contributed by atoms with Gasteiger partial charge in [-0.2, -0.15) is 13.2 Å². The monoisotopic (exact) mass is 442 g/mol. The first-order valence-corrected chi connectivity index (χ1v) is 8.97. The molecule has 1 saturated heterocycles. The highest BCUT2D eigenvalue weighted by atomic mass is 35.5.